The number of anilines is 1. The zero-order chi connectivity index (χ0) is 18.7. The second kappa shape index (κ2) is 7.39. The SMILES string of the molecule is CCCOc1ccc(C=C2C(=O)NN(c3ccccn3)C2=O)c(C)c1C. The lowest BCUT2D eigenvalue weighted by Gasteiger charge is -2.13. The van der Waals surface area contributed by atoms with E-state index in [0.29, 0.717) is 12.4 Å². The summed E-state index contributed by atoms with van der Waals surface area (Å²) in [6, 6.07) is 8.90. The van der Waals surface area contributed by atoms with Gasteiger partial charge in [-0.3, -0.25) is 15.0 Å². The summed E-state index contributed by atoms with van der Waals surface area (Å²) < 4.78 is 5.73. The van der Waals surface area contributed by atoms with Crippen molar-refractivity contribution in [3.63, 3.8) is 0 Å². The van der Waals surface area contributed by atoms with Gasteiger partial charge in [-0.15, -0.1) is 0 Å². The Hall–Kier alpha value is -3.15. The van der Waals surface area contributed by atoms with Crippen LogP contribution in [0.25, 0.3) is 6.08 Å². The molecule has 134 valence electrons. The molecule has 3 rings (SSSR count). The molecule has 1 aromatic heterocycles. The van der Waals surface area contributed by atoms with E-state index in [0.717, 1.165) is 33.9 Å². The van der Waals surface area contributed by atoms with Gasteiger partial charge in [0.2, 0.25) is 0 Å². The van der Waals surface area contributed by atoms with E-state index in [1.54, 1.807) is 30.5 Å². The van der Waals surface area contributed by atoms with Crippen molar-refractivity contribution in [2.24, 2.45) is 0 Å². The first-order chi connectivity index (χ1) is 12.5. The van der Waals surface area contributed by atoms with Crippen molar-refractivity contribution in [3.05, 3.63) is 58.8 Å². The molecule has 0 atom stereocenters. The number of nitrogens with one attached hydrogen (secondary N) is 1. The number of nitrogens with zero attached hydrogens (tertiary/aromatic N) is 2. The van der Waals surface area contributed by atoms with Crippen molar-refractivity contribution >= 4 is 23.7 Å². The zero-order valence-electron chi connectivity index (χ0n) is 15.1. The van der Waals surface area contributed by atoms with Crippen LogP contribution in [0.5, 0.6) is 5.75 Å². The first-order valence-electron chi connectivity index (χ1n) is 8.54. The maximum Gasteiger partial charge on any atom is 0.284 e. The van der Waals surface area contributed by atoms with Crippen molar-refractivity contribution in [3.8, 4) is 5.75 Å². The summed E-state index contributed by atoms with van der Waals surface area (Å²) in [4.78, 5) is 29.0. The first-order valence-corrected chi connectivity index (χ1v) is 8.54. The van der Waals surface area contributed by atoms with E-state index in [4.69, 9.17) is 4.74 Å². The van der Waals surface area contributed by atoms with Gasteiger partial charge in [-0.25, -0.2) is 4.98 Å². The molecule has 2 amide bonds. The van der Waals surface area contributed by atoms with Gasteiger partial charge in [0, 0.05) is 6.20 Å². The minimum Gasteiger partial charge on any atom is -0.493 e. The van der Waals surface area contributed by atoms with Crippen LogP contribution in [0.4, 0.5) is 5.82 Å². The van der Waals surface area contributed by atoms with E-state index < -0.39 is 11.8 Å². The highest BCUT2D eigenvalue weighted by molar-refractivity contribution is 6.31. The molecule has 0 spiro atoms. The lowest BCUT2D eigenvalue weighted by atomic mass is 10.00. The van der Waals surface area contributed by atoms with E-state index in [9.17, 15) is 9.59 Å². The Morgan fingerprint density at radius 3 is 2.65 bits per heavy atom. The topological polar surface area (TPSA) is 71.5 Å². The highest BCUT2D eigenvalue weighted by atomic mass is 16.5. The van der Waals surface area contributed by atoms with Gasteiger partial charge >= 0.3 is 0 Å². The van der Waals surface area contributed by atoms with Gasteiger partial charge in [-0.05, 0) is 61.2 Å². The fraction of sp³-hybridized carbons (Fsp3) is 0.250. The van der Waals surface area contributed by atoms with Crippen molar-refractivity contribution in [2.75, 3.05) is 11.6 Å². The van der Waals surface area contributed by atoms with E-state index in [2.05, 4.69) is 17.3 Å². The van der Waals surface area contributed by atoms with E-state index in [1.165, 1.54) is 0 Å². The van der Waals surface area contributed by atoms with Crippen LogP contribution in [0.1, 0.15) is 30.0 Å². The van der Waals surface area contributed by atoms with Gasteiger partial charge in [0.15, 0.2) is 5.82 Å². The number of hydrazine groups is 1. The molecule has 6 nitrogen and oxygen atoms in total. The number of pyridine rings is 1. The van der Waals surface area contributed by atoms with Crippen LogP contribution in [0.15, 0.2) is 42.1 Å². The second-order valence-corrected chi connectivity index (χ2v) is 6.08. The van der Waals surface area contributed by atoms with E-state index in [-0.39, 0.29) is 5.57 Å². The molecule has 2 aromatic rings. The molecule has 1 N–H and O–H groups in total. The molecule has 1 saturated heterocycles. The number of amides is 2. The van der Waals surface area contributed by atoms with Crippen LogP contribution >= 0.6 is 0 Å². The summed E-state index contributed by atoms with van der Waals surface area (Å²) in [5, 5.41) is 1.16. The van der Waals surface area contributed by atoms with Gasteiger partial charge in [-0.2, -0.15) is 5.01 Å². The molecule has 0 radical (unpaired) electrons. The zero-order valence-corrected chi connectivity index (χ0v) is 15.1. The summed E-state index contributed by atoms with van der Waals surface area (Å²) in [7, 11) is 0. The van der Waals surface area contributed by atoms with E-state index >= 15 is 0 Å². The molecular formula is C20H21N3O3. The minimum atomic E-state index is -0.441. The second-order valence-electron chi connectivity index (χ2n) is 6.08. The summed E-state index contributed by atoms with van der Waals surface area (Å²) in [6.45, 7) is 6.63. The Morgan fingerprint density at radius 1 is 1.15 bits per heavy atom. The number of carbonyl (C=O) groups is 2. The van der Waals surface area contributed by atoms with Crippen LogP contribution in [0, 0.1) is 13.8 Å². The van der Waals surface area contributed by atoms with Crippen molar-refractivity contribution in [1.82, 2.24) is 10.4 Å². The predicted octanol–water partition coefficient (Wildman–Crippen LogP) is 2.95. The minimum absolute atomic E-state index is 0.0837. The standard InChI is InChI=1S/C20H21N3O3/c1-4-11-26-17-9-8-15(13(2)14(17)3)12-16-19(24)22-23(20(16)25)18-7-5-6-10-21-18/h5-10,12H,4,11H2,1-3H3,(H,22,24). The van der Waals surface area contributed by atoms with Gasteiger partial charge in [-0.1, -0.05) is 19.1 Å². The molecule has 1 aromatic carbocycles. The molecule has 6 heteroatoms. The smallest absolute Gasteiger partial charge is 0.284 e. The van der Waals surface area contributed by atoms with Gasteiger partial charge in [0.1, 0.15) is 11.3 Å². The quantitative estimate of drug-likeness (QED) is 0.664. The fourth-order valence-electron chi connectivity index (χ4n) is 2.70. The number of carbonyl (C=O) groups excluding carboxylic acids is 2. The third-order valence-corrected chi connectivity index (χ3v) is 4.31. The Morgan fingerprint density at radius 2 is 1.96 bits per heavy atom. The van der Waals surface area contributed by atoms with Crippen LogP contribution in [-0.2, 0) is 9.59 Å². The molecule has 1 aliphatic heterocycles. The molecular weight excluding hydrogens is 330 g/mol. The summed E-state index contributed by atoms with van der Waals surface area (Å²) in [5.41, 5.74) is 5.42. The number of ether oxygens (including phenoxy) is 1. The Balaban J connectivity index is 1.91. The number of rotatable bonds is 5. The van der Waals surface area contributed by atoms with E-state index in [1.807, 2.05) is 26.0 Å². The van der Waals surface area contributed by atoms with Crippen molar-refractivity contribution < 1.29 is 14.3 Å². The maximum atomic E-state index is 12.6. The Labute approximate surface area is 152 Å². The lowest BCUT2D eigenvalue weighted by molar-refractivity contribution is -0.117. The van der Waals surface area contributed by atoms with Gasteiger partial charge in [0.25, 0.3) is 11.8 Å². The third-order valence-electron chi connectivity index (χ3n) is 4.31. The average Bonchev–Trinajstić information content (AvgIpc) is 2.93. The molecule has 26 heavy (non-hydrogen) atoms. The monoisotopic (exact) mass is 351 g/mol. The largest absolute Gasteiger partial charge is 0.493 e. The summed E-state index contributed by atoms with van der Waals surface area (Å²) >= 11 is 0. The molecule has 0 aliphatic carbocycles. The number of benzene rings is 1. The van der Waals surface area contributed by atoms with Crippen LogP contribution < -0.4 is 15.2 Å². The molecule has 1 fully saturated rings. The van der Waals surface area contributed by atoms with Gasteiger partial charge < -0.3 is 4.74 Å². The Bertz CT molecular complexity index is 875. The first kappa shape index (κ1) is 17.7. The fourth-order valence-corrected chi connectivity index (χ4v) is 2.70. The number of hydrogen-bond donors (Lipinski definition) is 1. The molecule has 1 aliphatic rings. The van der Waals surface area contributed by atoms with Crippen molar-refractivity contribution in [2.45, 2.75) is 27.2 Å². The highest BCUT2D eigenvalue weighted by Crippen LogP contribution is 2.27. The lowest BCUT2D eigenvalue weighted by Crippen LogP contribution is -2.36. The summed E-state index contributed by atoms with van der Waals surface area (Å²) in [6.07, 6.45) is 4.12. The third kappa shape index (κ3) is 3.31. The predicted molar refractivity (Wildman–Crippen MR) is 99.5 cm³/mol. The van der Waals surface area contributed by atoms with Crippen LogP contribution in [0.2, 0.25) is 0 Å². The normalized spacial score (nSPS) is 15.5. The highest BCUT2D eigenvalue weighted by Gasteiger charge is 2.35. The van der Waals surface area contributed by atoms with Crippen LogP contribution in [0.3, 0.4) is 0 Å². The van der Waals surface area contributed by atoms with Gasteiger partial charge in [0.05, 0.1) is 6.61 Å². The Kier molecular flexibility index (Phi) is 5.02. The van der Waals surface area contributed by atoms with Crippen LogP contribution in [-0.4, -0.2) is 23.4 Å². The van der Waals surface area contributed by atoms with Crippen molar-refractivity contribution in [1.29, 1.82) is 0 Å². The molecule has 2 heterocycles. The maximum absolute atomic E-state index is 12.6. The molecule has 0 bridgehead atoms. The molecule has 0 unspecified atom stereocenters. The average molecular weight is 351 g/mol. The number of hydrogen-bond acceptors (Lipinski definition) is 4. The molecule has 0 saturated carbocycles. The number of aromatic nitrogens is 1. The summed E-state index contributed by atoms with van der Waals surface area (Å²) in [5.74, 6) is 0.343.